The molecule has 0 aliphatic carbocycles. The first-order valence-electron chi connectivity index (χ1n) is 7.20. The Morgan fingerprint density at radius 3 is 2.79 bits per heavy atom. The summed E-state index contributed by atoms with van der Waals surface area (Å²) in [7, 11) is 0. The third-order valence-corrected chi connectivity index (χ3v) is 4.42. The zero-order valence-electron chi connectivity index (χ0n) is 12.3. The third-order valence-electron chi connectivity index (χ3n) is 4.09. The molecule has 1 aromatic heterocycles. The Balaban J connectivity index is 2.18. The molecular formula is C17H11ClFN3O2. The molecule has 4 rings (SSSR count). The van der Waals surface area contributed by atoms with Crippen LogP contribution in [-0.4, -0.2) is 21.5 Å². The summed E-state index contributed by atoms with van der Waals surface area (Å²) in [5.74, 6) is -1.24. The number of nitrogens with zero attached hydrogens (tertiary/aromatic N) is 2. The zero-order valence-corrected chi connectivity index (χ0v) is 13.0. The minimum absolute atomic E-state index is 0.232. The predicted octanol–water partition coefficient (Wildman–Crippen LogP) is 3.37. The second-order valence-corrected chi connectivity index (χ2v) is 5.83. The number of rotatable bonds is 1. The summed E-state index contributed by atoms with van der Waals surface area (Å²) < 4.78 is 15.8. The summed E-state index contributed by atoms with van der Waals surface area (Å²) in [6.07, 6.45) is 0. The van der Waals surface area contributed by atoms with Crippen LogP contribution in [0.2, 0.25) is 5.02 Å². The Hall–Kier alpha value is -2.86. The first-order chi connectivity index (χ1) is 11.6. The van der Waals surface area contributed by atoms with Gasteiger partial charge in [0.25, 0.3) is 5.91 Å². The van der Waals surface area contributed by atoms with Crippen molar-refractivity contribution in [1.82, 2.24) is 9.88 Å². The van der Waals surface area contributed by atoms with Gasteiger partial charge in [-0.2, -0.15) is 0 Å². The van der Waals surface area contributed by atoms with E-state index in [1.54, 1.807) is 36.4 Å². The summed E-state index contributed by atoms with van der Waals surface area (Å²) >= 11 is 6.29. The van der Waals surface area contributed by atoms with Gasteiger partial charge >= 0.3 is 0 Å². The van der Waals surface area contributed by atoms with E-state index in [1.807, 2.05) is 0 Å². The fourth-order valence-corrected chi connectivity index (χ4v) is 3.23. The van der Waals surface area contributed by atoms with Crippen molar-refractivity contribution in [3.05, 3.63) is 58.9 Å². The second-order valence-electron chi connectivity index (χ2n) is 5.42. The normalized spacial score (nSPS) is 15.6. The number of halogens is 2. The van der Waals surface area contributed by atoms with Crippen LogP contribution in [0.15, 0.2) is 47.6 Å². The van der Waals surface area contributed by atoms with Gasteiger partial charge in [0.1, 0.15) is 5.82 Å². The first kappa shape index (κ1) is 14.7. The van der Waals surface area contributed by atoms with Crippen molar-refractivity contribution in [2.45, 2.75) is 6.54 Å². The van der Waals surface area contributed by atoms with E-state index < -0.39 is 11.7 Å². The van der Waals surface area contributed by atoms with Gasteiger partial charge < -0.3 is 10.5 Å². The van der Waals surface area contributed by atoms with E-state index in [9.17, 15) is 14.4 Å². The average molecular weight is 344 g/mol. The fourth-order valence-electron chi connectivity index (χ4n) is 3.03. The van der Waals surface area contributed by atoms with Gasteiger partial charge in [-0.3, -0.25) is 9.36 Å². The van der Waals surface area contributed by atoms with E-state index in [0.717, 1.165) is 5.56 Å². The fraction of sp³-hybridized carbons (Fsp3) is 0.0588. The number of benzene rings is 2. The molecule has 0 spiro atoms. The van der Waals surface area contributed by atoms with Gasteiger partial charge in [-0.25, -0.2) is 4.39 Å². The maximum Gasteiger partial charge on any atom is 0.291 e. The standard InChI is InChI=1S/C17H11ClFN3O2/c18-12-6-5-9-8-20-17(23)16(21-24)22-14(7-11(12)15(9)22)10-3-1-2-4-13(10)19/h1-7,24H,8H2,(H,20,23)/b21-16-. The van der Waals surface area contributed by atoms with Crippen molar-refractivity contribution in [2.24, 2.45) is 5.16 Å². The van der Waals surface area contributed by atoms with Gasteiger partial charge in [-0.1, -0.05) is 35.0 Å². The molecule has 1 aliphatic heterocycles. The van der Waals surface area contributed by atoms with Crippen LogP contribution in [0.3, 0.4) is 0 Å². The largest absolute Gasteiger partial charge is 0.409 e. The van der Waals surface area contributed by atoms with Crippen LogP contribution in [-0.2, 0) is 11.3 Å². The lowest BCUT2D eigenvalue weighted by Crippen LogP contribution is -2.32. The molecule has 3 aromatic rings. The van der Waals surface area contributed by atoms with E-state index in [0.29, 0.717) is 21.6 Å². The number of hydrogen-bond donors (Lipinski definition) is 2. The molecule has 0 fully saturated rings. The Kier molecular flexibility index (Phi) is 3.28. The molecule has 5 nitrogen and oxygen atoms in total. The van der Waals surface area contributed by atoms with Crippen LogP contribution >= 0.6 is 11.6 Å². The highest BCUT2D eigenvalue weighted by Gasteiger charge is 2.27. The minimum Gasteiger partial charge on any atom is -0.409 e. The lowest BCUT2D eigenvalue weighted by molar-refractivity contribution is -0.115. The van der Waals surface area contributed by atoms with Crippen molar-refractivity contribution in [2.75, 3.05) is 0 Å². The number of amides is 1. The van der Waals surface area contributed by atoms with Crippen LogP contribution < -0.4 is 5.32 Å². The number of nitrogens with one attached hydrogen (secondary N) is 1. The van der Waals surface area contributed by atoms with Gasteiger partial charge in [0.15, 0.2) is 0 Å². The van der Waals surface area contributed by atoms with E-state index in [4.69, 9.17) is 11.6 Å². The topological polar surface area (TPSA) is 66.6 Å². The van der Waals surface area contributed by atoms with Crippen LogP contribution in [0.4, 0.5) is 4.39 Å². The van der Waals surface area contributed by atoms with Gasteiger partial charge in [0.2, 0.25) is 5.84 Å². The molecule has 0 bridgehead atoms. The van der Waals surface area contributed by atoms with Crippen LogP contribution in [0, 0.1) is 5.82 Å². The molecule has 24 heavy (non-hydrogen) atoms. The Labute approximate surface area is 141 Å². The monoisotopic (exact) mass is 343 g/mol. The molecule has 0 atom stereocenters. The predicted molar refractivity (Wildman–Crippen MR) is 88.8 cm³/mol. The minimum atomic E-state index is -0.556. The lowest BCUT2D eigenvalue weighted by Gasteiger charge is -2.10. The molecule has 0 saturated carbocycles. The number of hydrogen-bond acceptors (Lipinski definition) is 3. The lowest BCUT2D eigenvalue weighted by atomic mass is 10.1. The molecule has 2 heterocycles. The number of carbonyl (C=O) groups excluding carboxylic acids is 1. The van der Waals surface area contributed by atoms with Crippen molar-refractivity contribution in [3.8, 4) is 11.3 Å². The third kappa shape index (κ3) is 2.00. The molecular weight excluding hydrogens is 333 g/mol. The molecule has 1 aliphatic rings. The molecule has 1 amide bonds. The summed E-state index contributed by atoms with van der Waals surface area (Å²) in [6.45, 7) is 0.256. The van der Waals surface area contributed by atoms with Gasteiger partial charge in [0.05, 0.1) is 11.2 Å². The second kappa shape index (κ2) is 5.35. The van der Waals surface area contributed by atoms with E-state index >= 15 is 0 Å². The van der Waals surface area contributed by atoms with E-state index in [-0.39, 0.29) is 17.9 Å². The highest BCUT2D eigenvalue weighted by molar-refractivity contribution is 6.42. The number of carbonyl (C=O) groups is 1. The Morgan fingerprint density at radius 1 is 1.25 bits per heavy atom. The molecule has 120 valence electrons. The van der Waals surface area contributed by atoms with Crippen molar-refractivity contribution < 1.29 is 14.4 Å². The smallest absolute Gasteiger partial charge is 0.291 e. The SMILES string of the molecule is O=C1NCc2ccc(Cl)c3cc(-c4ccccc4F)n(c23)/C1=N\O. The van der Waals surface area contributed by atoms with Crippen LogP contribution in [0.1, 0.15) is 5.56 Å². The average Bonchev–Trinajstić information content (AvgIpc) is 2.90. The quantitative estimate of drug-likeness (QED) is 0.525. The Bertz CT molecular complexity index is 1030. The van der Waals surface area contributed by atoms with Crippen molar-refractivity contribution >= 4 is 34.2 Å². The number of aromatic nitrogens is 1. The van der Waals surface area contributed by atoms with Crippen molar-refractivity contribution in [1.29, 1.82) is 0 Å². The molecule has 0 radical (unpaired) electrons. The highest BCUT2D eigenvalue weighted by atomic mass is 35.5. The van der Waals surface area contributed by atoms with Crippen LogP contribution in [0.25, 0.3) is 22.2 Å². The maximum atomic E-state index is 14.3. The molecule has 0 saturated heterocycles. The van der Waals surface area contributed by atoms with Crippen molar-refractivity contribution in [3.63, 3.8) is 0 Å². The number of oxime groups is 1. The first-order valence-corrected chi connectivity index (χ1v) is 7.58. The summed E-state index contributed by atoms with van der Waals surface area (Å²) in [5.41, 5.74) is 2.09. The maximum absolute atomic E-state index is 14.3. The summed E-state index contributed by atoms with van der Waals surface area (Å²) in [5, 5.41) is 16.3. The van der Waals surface area contributed by atoms with Gasteiger partial charge in [0, 0.05) is 22.5 Å². The van der Waals surface area contributed by atoms with Gasteiger partial charge in [-0.05, 0) is 29.8 Å². The van der Waals surface area contributed by atoms with E-state index in [2.05, 4.69) is 10.5 Å². The summed E-state index contributed by atoms with van der Waals surface area (Å²) in [6, 6.07) is 11.4. The molecule has 0 unspecified atom stereocenters. The zero-order chi connectivity index (χ0) is 16.8. The molecule has 2 aromatic carbocycles. The Morgan fingerprint density at radius 2 is 2.04 bits per heavy atom. The van der Waals surface area contributed by atoms with Crippen LogP contribution in [0.5, 0.6) is 0 Å². The van der Waals surface area contributed by atoms with Gasteiger partial charge in [-0.15, -0.1) is 0 Å². The molecule has 2 N–H and O–H groups in total. The van der Waals surface area contributed by atoms with E-state index in [1.165, 1.54) is 10.6 Å². The highest BCUT2D eigenvalue weighted by Crippen LogP contribution is 2.36. The summed E-state index contributed by atoms with van der Waals surface area (Å²) in [4.78, 5) is 12.3. The molecule has 7 heteroatoms.